The Labute approximate surface area is 104 Å². The molecule has 6 nitrogen and oxygen atoms in total. The summed E-state index contributed by atoms with van der Waals surface area (Å²) in [6.07, 6.45) is 3.00. The maximum Gasteiger partial charge on any atom is 0.268 e. The van der Waals surface area contributed by atoms with Crippen molar-refractivity contribution in [2.75, 3.05) is 12.3 Å². The van der Waals surface area contributed by atoms with Crippen LogP contribution >= 0.6 is 0 Å². The molecule has 4 N–H and O–H groups in total. The van der Waals surface area contributed by atoms with Gasteiger partial charge in [0.2, 0.25) is 5.91 Å². The molecule has 0 unspecified atom stereocenters. The average molecular weight is 247 g/mol. The Kier molecular flexibility index (Phi) is 3.59. The predicted molar refractivity (Wildman–Crippen MR) is 65.9 cm³/mol. The summed E-state index contributed by atoms with van der Waals surface area (Å²) in [5.74, 6) is -0.693. The van der Waals surface area contributed by atoms with Gasteiger partial charge < -0.3 is 11.1 Å². The van der Waals surface area contributed by atoms with Gasteiger partial charge in [0, 0.05) is 11.8 Å². The molecule has 18 heavy (non-hydrogen) atoms. The number of hydroxylamine groups is 1. The van der Waals surface area contributed by atoms with E-state index in [2.05, 4.69) is 10.8 Å². The topological polar surface area (TPSA) is 93.5 Å². The van der Waals surface area contributed by atoms with Crippen molar-refractivity contribution >= 4 is 23.6 Å². The third-order valence-corrected chi connectivity index (χ3v) is 2.42. The zero-order valence-electron chi connectivity index (χ0n) is 9.55. The van der Waals surface area contributed by atoms with E-state index in [0.717, 1.165) is 5.56 Å². The largest absolute Gasteiger partial charge is 0.399 e. The van der Waals surface area contributed by atoms with E-state index in [-0.39, 0.29) is 18.4 Å². The monoisotopic (exact) mass is 247 g/mol. The smallest absolute Gasteiger partial charge is 0.268 e. The van der Waals surface area contributed by atoms with Gasteiger partial charge in [-0.2, -0.15) is 0 Å². The molecule has 2 amide bonds. The molecule has 0 spiro atoms. The van der Waals surface area contributed by atoms with Crippen LogP contribution in [0.15, 0.2) is 30.3 Å². The van der Waals surface area contributed by atoms with Crippen molar-refractivity contribution in [3.8, 4) is 0 Å². The minimum absolute atomic E-state index is 0.139. The summed E-state index contributed by atoms with van der Waals surface area (Å²) >= 11 is 0. The number of benzene rings is 1. The molecule has 0 aliphatic carbocycles. The fourth-order valence-electron chi connectivity index (χ4n) is 1.45. The summed E-state index contributed by atoms with van der Waals surface area (Å²) < 4.78 is 0. The van der Waals surface area contributed by atoms with Gasteiger partial charge in [-0.3, -0.25) is 14.4 Å². The molecule has 0 radical (unpaired) electrons. The molecule has 1 aromatic rings. The van der Waals surface area contributed by atoms with Gasteiger partial charge in [-0.15, -0.1) is 0 Å². The molecule has 1 aromatic carbocycles. The molecule has 1 saturated heterocycles. The number of rotatable bonds is 3. The molecule has 1 aliphatic heterocycles. The van der Waals surface area contributed by atoms with Crippen LogP contribution in [0.25, 0.3) is 6.08 Å². The zero-order valence-corrected chi connectivity index (χ0v) is 9.55. The van der Waals surface area contributed by atoms with E-state index in [9.17, 15) is 9.59 Å². The van der Waals surface area contributed by atoms with Crippen molar-refractivity contribution in [2.24, 2.45) is 0 Å². The van der Waals surface area contributed by atoms with Crippen molar-refractivity contribution in [1.29, 1.82) is 0 Å². The van der Waals surface area contributed by atoms with Gasteiger partial charge in [0.05, 0.1) is 0 Å². The molecular weight excluding hydrogens is 234 g/mol. The van der Waals surface area contributed by atoms with Crippen LogP contribution in [0.2, 0.25) is 0 Å². The quantitative estimate of drug-likeness (QED) is 0.510. The van der Waals surface area contributed by atoms with Crippen LogP contribution in [0.5, 0.6) is 0 Å². The highest BCUT2D eigenvalue weighted by Crippen LogP contribution is 2.06. The lowest BCUT2D eigenvalue weighted by molar-refractivity contribution is -0.127. The van der Waals surface area contributed by atoms with Gasteiger partial charge in [-0.05, 0) is 23.8 Å². The fourth-order valence-corrected chi connectivity index (χ4v) is 1.45. The van der Waals surface area contributed by atoms with Crippen LogP contribution < -0.4 is 16.5 Å². The maximum atomic E-state index is 11.5. The SMILES string of the molecule is Nc1ccc(/C=C/C(=O)N[C@@H]2CONC2=O)cc1. The first-order chi connectivity index (χ1) is 8.65. The number of carbonyl (C=O) groups excluding carboxylic acids is 2. The number of carbonyl (C=O) groups is 2. The van der Waals surface area contributed by atoms with Crippen LogP contribution in [-0.2, 0) is 14.4 Å². The summed E-state index contributed by atoms with van der Waals surface area (Å²) in [5.41, 5.74) is 9.22. The molecule has 1 aliphatic rings. The normalized spacial score (nSPS) is 18.9. The highest BCUT2D eigenvalue weighted by Gasteiger charge is 2.26. The molecule has 2 rings (SSSR count). The third kappa shape index (κ3) is 3.08. The molecule has 1 heterocycles. The van der Waals surface area contributed by atoms with Crippen LogP contribution in [0.4, 0.5) is 5.69 Å². The molecule has 0 bridgehead atoms. The predicted octanol–water partition coefficient (Wildman–Crippen LogP) is -0.172. The second kappa shape index (κ2) is 5.33. The van der Waals surface area contributed by atoms with Gasteiger partial charge in [0.1, 0.15) is 12.6 Å². The number of hydrogen-bond acceptors (Lipinski definition) is 4. The molecule has 0 aromatic heterocycles. The first kappa shape index (κ1) is 12.1. The first-order valence-electron chi connectivity index (χ1n) is 5.41. The van der Waals surface area contributed by atoms with Crippen molar-refractivity contribution in [3.63, 3.8) is 0 Å². The second-order valence-electron chi connectivity index (χ2n) is 3.84. The van der Waals surface area contributed by atoms with E-state index >= 15 is 0 Å². The summed E-state index contributed by atoms with van der Waals surface area (Å²) in [4.78, 5) is 27.4. The maximum absolute atomic E-state index is 11.5. The lowest BCUT2D eigenvalue weighted by Crippen LogP contribution is -2.40. The number of hydrogen-bond donors (Lipinski definition) is 3. The Morgan fingerprint density at radius 1 is 1.44 bits per heavy atom. The Morgan fingerprint density at radius 2 is 2.17 bits per heavy atom. The highest BCUT2D eigenvalue weighted by atomic mass is 16.7. The van der Waals surface area contributed by atoms with Gasteiger partial charge in [-0.1, -0.05) is 12.1 Å². The van der Waals surface area contributed by atoms with E-state index in [1.54, 1.807) is 30.3 Å². The number of anilines is 1. The average Bonchev–Trinajstić information content (AvgIpc) is 2.74. The number of nitrogens with one attached hydrogen (secondary N) is 2. The lowest BCUT2D eigenvalue weighted by Gasteiger charge is -2.04. The molecule has 0 saturated carbocycles. The van der Waals surface area contributed by atoms with Crippen LogP contribution in [0.1, 0.15) is 5.56 Å². The molecule has 1 fully saturated rings. The highest BCUT2D eigenvalue weighted by molar-refractivity contribution is 5.95. The lowest BCUT2D eigenvalue weighted by atomic mass is 10.2. The van der Waals surface area contributed by atoms with Gasteiger partial charge >= 0.3 is 0 Å². The van der Waals surface area contributed by atoms with E-state index in [4.69, 9.17) is 10.6 Å². The van der Waals surface area contributed by atoms with Crippen LogP contribution in [-0.4, -0.2) is 24.5 Å². The fraction of sp³-hybridized carbons (Fsp3) is 0.167. The van der Waals surface area contributed by atoms with Crippen molar-refractivity contribution in [1.82, 2.24) is 10.8 Å². The molecule has 94 valence electrons. The third-order valence-electron chi connectivity index (χ3n) is 2.42. The minimum Gasteiger partial charge on any atom is -0.399 e. The van der Waals surface area contributed by atoms with E-state index in [0.29, 0.717) is 5.69 Å². The van der Waals surface area contributed by atoms with Crippen LogP contribution in [0, 0.1) is 0 Å². The van der Waals surface area contributed by atoms with Gasteiger partial charge in [0.15, 0.2) is 0 Å². The summed E-state index contributed by atoms with van der Waals surface area (Å²) in [5, 5.41) is 2.52. The van der Waals surface area contributed by atoms with Crippen molar-refractivity contribution in [2.45, 2.75) is 6.04 Å². The molecular formula is C12H13N3O3. The zero-order chi connectivity index (χ0) is 13.0. The van der Waals surface area contributed by atoms with Crippen LogP contribution in [0.3, 0.4) is 0 Å². The first-order valence-corrected chi connectivity index (χ1v) is 5.41. The van der Waals surface area contributed by atoms with E-state index < -0.39 is 6.04 Å². The Balaban J connectivity index is 1.90. The van der Waals surface area contributed by atoms with Crippen molar-refractivity contribution < 1.29 is 14.4 Å². The summed E-state index contributed by atoms with van der Waals surface area (Å²) in [7, 11) is 0. The Morgan fingerprint density at radius 3 is 2.78 bits per heavy atom. The Hall–Kier alpha value is -2.34. The molecule has 1 atom stereocenters. The number of nitrogen functional groups attached to an aromatic ring is 1. The minimum atomic E-state index is -0.631. The van der Waals surface area contributed by atoms with E-state index in [1.165, 1.54) is 6.08 Å². The van der Waals surface area contributed by atoms with Gasteiger partial charge in [0.25, 0.3) is 5.91 Å². The number of amides is 2. The van der Waals surface area contributed by atoms with E-state index in [1.807, 2.05) is 0 Å². The summed E-state index contributed by atoms with van der Waals surface area (Å²) in [6, 6.07) is 6.45. The Bertz CT molecular complexity index is 482. The number of nitrogens with two attached hydrogens (primary N) is 1. The standard InChI is InChI=1S/C12H13N3O3/c13-9-4-1-8(2-5-9)3-6-11(16)14-10-7-18-15-12(10)17/h1-6,10H,7,13H2,(H,14,16)(H,15,17)/b6-3+/t10-/m1/s1. The second-order valence-corrected chi connectivity index (χ2v) is 3.84. The molecule has 6 heteroatoms. The summed E-state index contributed by atoms with van der Waals surface area (Å²) in [6.45, 7) is 0.139. The van der Waals surface area contributed by atoms with Crippen molar-refractivity contribution in [3.05, 3.63) is 35.9 Å². The van der Waals surface area contributed by atoms with Gasteiger partial charge in [-0.25, -0.2) is 5.48 Å².